The van der Waals surface area contributed by atoms with Gasteiger partial charge in [-0.25, -0.2) is 0 Å². The van der Waals surface area contributed by atoms with E-state index in [9.17, 15) is 0 Å². The third kappa shape index (κ3) is 2.82. The van der Waals surface area contributed by atoms with Gasteiger partial charge in [0.2, 0.25) is 0 Å². The van der Waals surface area contributed by atoms with Crippen LogP contribution in [0.2, 0.25) is 0 Å². The molecule has 4 heteroatoms. The Morgan fingerprint density at radius 2 is 1.17 bits per heavy atom. The first kappa shape index (κ1) is 20.4. The van der Waals surface area contributed by atoms with Gasteiger partial charge in [-0.3, -0.25) is 9.97 Å². The lowest BCUT2D eigenvalue weighted by molar-refractivity contribution is 0.604. The predicted molar refractivity (Wildman–Crippen MR) is 148 cm³/mol. The van der Waals surface area contributed by atoms with E-state index in [4.69, 9.17) is 18.8 Å². The van der Waals surface area contributed by atoms with E-state index >= 15 is 0 Å². The molecule has 0 spiro atoms. The molecule has 0 aliphatic carbocycles. The van der Waals surface area contributed by atoms with Crippen LogP contribution in [0.1, 0.15) is 11.3 Å². The van der Waals surface area contributed by atoms with Gasteiger partial charge >= 0.3 is 0 Å². The summed E-state index contributed by atoms with van der Waals surface area (Å²) < 4.78 is 12.5. The molecule has 0 bridgehead atoms. The zero-order chi connectivity index (χ0) is 24.2. The van der Waals surface area contributed by atoms with Crippen LogP contribution in [0.25, 0.3) is 78.3 Å². The van der Waals surface area contributed by atoms with E-state index in [2.05, 4.69) is 43.5 Å². The van der Waals surface area contributed by atoms with E-state index in [0.29, 0.717) is 5.76 Å². The number of aromatic nitrogens is 2. The maximum Gasteiger partial charge on any atom is 0.143 e. The van der Waals surface area contributed by atoms with E-state index < -0.39 is 0 Å². The molecule has 4 heterocycles. The van der Waals surface area contributed by atoms with Gasteiger partial charge in [-0.1, -0.05) is 73.8 Å². The Morgan fingerprint density at radius 3 is 1.83 bits per heavy atom. The first-order chi connectivity index (χ1) is 17.8. The topological polar surface area (TPSA) is 52.1 Å². The van der Waals surface area contributed by atoms with Gasteiger partial charge in [-0.05, 0) is 24.3 Å². The van der Waals surface area contributed by atoms with Crippen molar-refractivity contribution in [3.8, 4) is 22.3 Å². The van der Waals surface area contributed by atoms with Crippen LogP contribution < -0.4 is 0 Å². The standard InChI is InChI=1S/C32H20N2O2/c1-3-19-23-10-7-12-25(31(23)35-27(19)4-2)21-15-17-34-30-22(16-18-33-29(21)30)26-13-8-11-24-20-9-5-6-14-28(20)36-32(24)26/h3-18H,1-2H2. The number of hydrogen-bond acceptors (Lipinski definition) is 4. The van der Waals surface area contributed by atoms with Crippen LogP contribution in [0.4, 0.5) is 0 Å². The van der Waals surface area contributed by atoms with Crippen LogP contribution in [-0.2, 0) is 0 Å². The molecular formula is C32H20N2O2. The second kappa shape index (κ2) is 7.79. The number of para-hydroxylation sites is 3. The summed E-state index contributed by atoms with van der Waals surface area (Å²) >= 11 is 0. The van der Waals surface area contributed by atoms with E-state index in [1.165, 1.54) is 0 Å². The molecule has 0 unspecified atom stereocenters. The molecule has 0 aliphatic heterocycles. The zero-order valence-corrected chi connectivity index (χ0v) is 19.4. The molecule has 0 radical (unpaired) electrons. The van der Waals surface area contributed by atoms with Crippen molar-refractivity contribution in [2.24, 2.45) is 0 Å². The normalized spacial score (nSPS) is 11.6. The van der Waals surface area contributed by atoms with Crippen molar-refractivity contribution in [2.45, 2.75) is 0 Å². The van der Waals surface area contributed by atoms with Crippen LogP contribution in [0.15, 0.2) is 107 Å². The lowest BCUT2D eigenvalue weighted by Crippen LogP contribution is -1.91. The number of benzene rings is 3. The van der Waals surface area contributed by atoms with Crippen LogP contribution in [0.5, 0.6) is 0 Å². The maximum absolute atomic E-state index is 6.32. The quantitative estimate of drug-likeness (QED) is 0.261. The van der Waals surface area contributed by atoms with Crippen LogP contribution in [0, 0.1) is 0 Å². The molecule has 0 saturated carbocycles. The Balaban J connectivity index is 1.52. The molecule has 36 heavy (non-hydrogen) atoms. The second-order valence-electron chi connectivity index (χ2n) is 8.67. The maximum atomic E-state index is 6.32. The molecule has 0 aliphatic rings. The Morgan fingerprint density at radius 1 is 0.556 bits per heavy atom. The highest BCUT2D eigenvalue weighted by atomic mass is 16.3. The molecule has 0 saturated heterocycles. The highest BCUT2D eigenvalue weighted by Crippen LogP contribution is 2.41. The average molecular weight is 465 g/mol. The summed E-state index contributed by atoms with van der Waals surface area (Å²) in [5.41, 5.74) is 8.88. The molecule has 4 aromatic heterocycles. The molecule has 0 atom stereocenters. The SMILES string of the molecule is C=Cc1oc2c(-c3ccnc4c(-c5cccc6c5oc5ccccc56)ccnc34)cccc2c1C=C. The first-order valence-corrected chi connectivity index (χ1v) is 11.7. The first-order valence-electron chi connectivity index (χ1n) is 11.7. The number of fused-ring (bicyclic) bond motifs is 5. The minimum Gasteiger partial charge on any atom is -0.455 e. The Bertz CT molecular complexity index is 1990. The van der Waals surface area contributed by atoms with Gasteiger partial charge in [0.15, 0.2) is 0 Å². The summed E-state index contributed by atoms with van der Waals surface area (Å²) in [5.74, 6) is 0.705. The summed E-state index contributed by atoms with van der Waals surface area (Å²) in [6.07, 6.45) is 7.18. The van der Waals surface area contributed by atoms with Gasteiger partial charge in [0.1, 0.15) is 22.5 Å². The van der Waals surface area contributed by atoms with Crippen molar-refractivity contribution >= 4 is 56.1 Å². The minimum absolute atomic E-state index is 0.705. The Labute approximate surface area is 206 Å². The van der Waals surface area contributed by atoms with Crippen molar-refractivity contribution in [2.75, 3.05) is 0 Å². The highest BCUT2D eigenvalue weighted by Gasteiger charge is 2.19. The van der Waals surface area contributed by atoms with Crippen molar-refractivity contribution in [1.29, 1.82) is 0 Å². The lowest BCUT2D eigenvalue weighted by Gasteiger charge is -2.10. The van der Waals surface area contributed by atoms with Gasteiger partial charge in [-0.2, -0.15) is 0 Å². The minimum atomic E-state index is 0.705. The predicted octanol–water partition coefficient (Wildman–Crippen LogP) is 8.90. The third-order valence-electron chi connectivity index (χ3n) is 6.78. The fraction of sp³-hybridized carbons (Fsp3) is 0. The molecule has 7 aromatic rings. The number of pyridine rings is 2. The van der Waals surface area contributed by atoms with E-state index in [1.807, 2.05) is 60.9 Å². The van der Waals surface area contributed by atoms with Gasteiger partial charge < -0.3 is 8.83 Å². The molecule has 0 N–H and O–H groups in total. The molecular weight excluding hydrogens is 444 g/mol. The highest BCUT2D eigenvalue weighted by molar-refractivity contribution is 6.13. The number of hydrogen-bond donors (Lipinski definition) is 0. The van der Waals surface area contributed by atoms with Crippen molar-refractivity contribution in [3.63, 3.8) is 0 Å². The summed E-state index contributed by atoms with van der Waals surface area (Å²) in [4.78, 5) is 9.54. The van der Waals surface area contributed by atoms with Crippen LogP contribution >= 0.6 is 0 Å². The van der Waals surface area contributed by atoms with Crippen LogP contribution in [-0.4, -0.2) is 9.97 Å². The fourth-order valence-corrected chi connectivity index (χ4v) is 5.17. The van der Waals surface area contributed by atoms with E-state index in [-0.39, 0.29) is 0 Å². The molecule has 7 rings (SSSR count). The van der Waals surface area contributed by atoms with Gasteiger partial charge in [-0.15, -0.1) is 0 Å². The monoisotopic (exact) mass is 464 g/mol. The summed E-state index contributed by atoms with van der Waals surface area (Å²) in [6, 6.07) is 24.4. The summed E-state index contributed by atoms with van der Waals surface area (Å²) in [7, 11) is 0. The van der Waals surface area contributed by atoms with Gasteiger partial charge in [0.25, 0.3) is 0 Å². The van der Waals surface area contributed by atoms with Crippen LogP contribution in [0.3, 0.4) is 0 Å². The average Bonchev–Trinajstić information content (AvgIpc) is 3.50. The number of nitrogens with zero attached hydrogens (tertiary/aromatic N) is 2. The zero-order valence-electron chi connectivity index (χ0n) is 19.4. The molecule has 0 fully saturated rings. The number of rotatable bonds is 4. The largest absolute Gasteiger partial charge is 0.455 e. The van der Waals surface area contributed by atoms with Crippen molar-refractivity contribution < 1.29 is 8.83 Å². The number of furan rings is 2. The second-order valence-corrected chi connectivity index (χ2v) is 8.67. The van der Waals surface area contributed by atoms with Crippen molar-refractivity contribution in [1.82, 2.24) is 9.97 Å². The molecule has 3 aromatic carbocycles. The third-order valence-corrected chi connectivity index (χ3v) is 6.78. The van der Waals surface area contributed by atoms with Crippen molar-refractivity contribution in [3.05, 3.63) is 110 Å². The summed E-state index contributed by atoms with van der Waals surface area (Å²) in [6.45, 7) is 7.86. The smallest absolute Gasteiger partial charge is 0.143 e. The lowest BCUT2D eigenvalue weighted by atomic mass is 9.97. The Hall–Kier alpha value is -4.96. The Kier molecular flexibility index (Phi) is 4.42. The van der Waals surface area contributed by atoms with E-state index in [0.717, 1.165) is 71.8 Å². The van der Waals surface area contributed by atoms with E-state index in [1.54, 1.807) is 6.08 Å². The summed E-state index contributed by atoms with van der Waals surface area (Å²) in [5, 5.41) is 3.17. The fourth-order valence-electron chi connectivity index (χ4n) is 5.17. The molecule has 170 valence electrons. The van der Waals surface area contributed by atoms with Gasteiger partial charge in [0.05, 0.1) is 11.0 Å². The molecule has 4 nitrogen and oxygen atoms in total. The van der Waals surface area contributed by atoms with Gasteiger partial charge in [0, 0.05) is 56.4 Å². The molecule has 0 amide bonds.